The minimum atomic E-state index is -0.486. The summed E-state index contributed by atoms with van der Waals surface area (Å²) in [7, 11) is 1.72. The number of hydrogen-bond acceptors (Lipinski definition) is 5. The molecule has 0 atom stereocenters. The molecule has 1 heterocycles. The fourth-order valence-electron chi connectivity index (χ4n) is 1.99. The van der Waals surface area contributed by atoms with Crippen molar-refractivity contribution in [3.8, 4) is 0 Å². The predicted molar refractivity (Wildman–Crippen MR) is 119 cm³/mol. The van der Waals surface area contributed by atoms with Crippen LogP contribution in [0.5, 0.6) is 0 Å². The first kappa shape index (κ1) is 24.9. The molecule has 0 bridgehead atoms. The number of aromatic nitrogens is 1. The second-order valence-corrected chi connectivity index (χ2v) is 7.69. The van der Waals surface area contributed by atoms with Crippen LogP contribution in [0.25, 0.3) is 0 Å². The monoisotopic (exact) mass is 497 g/mol. The first-order valence-corrected chi connectivity index (χ1v) is 9.46. The third-order valence-electron chi connectivity index (χ3n) is 3.29. The number of carbonyl (C=O) groups is 1. The Hall–Kier alpha value is -1.10. The molecule has 1 amide bonds. The molecule has 150 valence electrons. The zero-order valence-electron chi connectivity index (χ0n) is 16.6. The summed E-state index contributed by atoms with van der Waals surface area (Å²) in [5.74, 6) is 0.688. The van der Waals surface area contributed by atoms with Gasteiger partial charge in [-0.1, -0.05) is 6.92 Å². The molecule has 0 fully saturated rings. The Bertz CT molecular complexity index is 572. The average molecular weight is 497 g/mol. The quantitative estimate of drug-likeness (QED) is 0.344. The van der Waals surface area contributed by atoms with Gasteiger partial charge in [0, 0.05) is 37.8 Å². The van der Waals surface area contributed by atoms with Gasteiger partial charge in [-0.05, 0) is 34.1 Å². The molecular weight excluding hydrogens is 465 g/mol. The van der Waals surface area contributed by atoms with Crippen molar-refractivity contribution in [1.29, 1.82) is 0 Å². The van der Waals surface area contributed by atoms with E-state index in [9.17, 15) is 4.79 Å². The normalized spacial score (nSPS) is 11.5. The molecular formula is C17H32IN5O2S. The Kier molecular flexibility index (Phi) is 11.8. The molecule has 26 heavy (non-hydrogen) atoms. The van der Waals surface area contributed by atoms with Crippen LogP contribution < -0.4 is 10.6 Å². The van der Waals surface area contributed by atoms with Crippen LogP contribution in [0.15, 0.2) is 11.2 Å². The maximum Gasteiger partial charge on any atom is 0.410 e. The van der Waals surface area contributed by atoms with Crippen molar-refractivity contribution in [2.45, 2.75) is 53.2 Å². The molecule has 0 radical (unpaired) electrons. The van der Waals surface area contributed by atoms with Crippen LogP contribution in [-0.4, -0.2) is 54.2 Å². The first-order valence-electron chi connectivity index (χ1n) is 8.65. The SMILES string of the molecule is CCc1cnc(CNC(=NC)NCCN(CC)C(=O)OC(C)(C)C)s1.I. The van der Waals surface area contributed by atoms with Crippen molar-refractivity contribution in [3.63, 3.8) is 0 Å². The van der Waals surface area contributed by atoms with E-state index in [1.165, 1.54) is 4.88 Å². The van der Waals surface area contributed by atoms with Crippen molar-refractivity contribution in [2.75, 3.05) is 26.7 Å². The molecule has 0 saturated carbocycles. The topological polar surface area (TPSA) is 78.9 Å². The third-order valence-corrected chi connectivity index (χ3v) is 4.43. The summed E-state index contributed by atoms with van der Waals surface area (Å²) in [4.78, 5) is 23.6. The van der Waals surface area contributed by atoms with Gasteiger partial charge in [-0.2, -0.15) is 0 Å². The predicted octanol–water partition coefficient (Wildman–Crippen LogP) is 3.25. The van der Waals surface area contributed by atoms with E-state index in [-0.39, 0.29) is 30.1 Å². The van der Waals surface area contributed by atoms with E-state index in [1.807, 2.05) is 33.9 Å². The number of hydrogen-bond donors (Lipinski definition) is 2. The Balaban J connectivity index is 0.00000625. The van der Waals surface area contributed by atoms with Gasteiger partial charge in [0.2, 0.25) is 0 Å². The number of nitrogens with zero attached hydrogens (tertiary/aromatic N) is 3. The zero-order valence-corrected chi connectivity index (χ0v) is 19.7. The van der Waals surface area contributed by atoms with Gasteiger partial charge >= 0.3 is 6.09 Å². The number of carbonyl (C=O) groups excluding carboxylic acids is 1. The summed E-state index contributed by atoms with van der Waals surface area (Å²) in [6.45, 7) is 12.0. The average Bonchev–Trinajstić information content (AvgIpc) is 3.00. The minimum absolute atomic E-state index is 0. The summed E-state index contributed by atoms with van der Waals surface area (Å²) >= 11 is 1.70. The van der Waals surface area contributed by atoms with E-state index < -0.39 is 5.60 Å². The Labute approximate surface area is 178 Å². The number of thiazole rings is 1. The molecule has 1 aromatic heterocycles. The number of guanidine groups is 1. The molecule has 7 nitrogen and oxygen atoms in total. The lowest BCUT2D eigenvalue weighted by Crippen LogP contribution is -2.44. The smallest absolute Gasteiger partial charge is 0.410 e. The van der Waals surface area contributed by atoms with E-state index >= 15 is 0 Å². The highest BCUT2D eigenvalue weighted by molar-refractivity contribution is 14.0. The minimum Gasteiger partial charge on any atom is -0.444 e. The highest BCUT2D eigenvalue weighted by Crippen LogP contribution is 2.12. The third kappa shape index (κ3) is 9.56. The fraction of sp³-hybridized carbons (Fsp3) is 0.706. The lowest BCUT2D eigenvalue weighted by Gasteiger charge is -2.26. The van der Waals surface area contributed by atoms with Crippen molar-refractivity contribution in [3.05, 3.63) is 16.1 Å². The molecule has 0 spiro atoms. The van der Waals surface area contributed by atoms with Gasteiger partial charge in [-0.15, -0.1) is 35.3 Å². The van der Waals surface area contributed by atoms with Gasteiger partial charge in [0.05, 0.1) is 6.54 Å². The largest absolute Gasteiger partial charge is 0.444 e. The van der Waals surface area contributed by atoms with Crippen molar-refractivity contribution < 1.29 is 9.53 Å². The molecule has 2 N–H and O–H groups in total. The van der Waals surface area contributed by atoms with Crippen LogP contribution in [-0.2, 0) is 17.7 Å². The molecule has 1 aromatic rings. The number of ether oxygens (including phenoxy) is 1. The van der Waals surface area contributed by atoms with Crippen LogP contribution in [0.1, 0.15) is 44.5 Å². The Morgan fingerprint density at radius 3 is 2.54 bits per heavy atom. The zero-order chi connectivity index (χ0) is 18.9. The number of rotatable bonds is 7. The number of nitrogens with one attached hydrogen (secondary N) is 2. The van der Waals surface area contributed by atoms with Gasteiger partial charge in [0.25, 0.3) is 0 Å². The lowest BCUT2D eigenvalue weighted by molar-refractivity contribution is 0.0264. The van der Waals surface area contributed by atoms with Crippen LogP contribution >= 0.6 is 35.3 Å². The first-order chi connectivity index (χ1) is 11.8. The Morgan fingerprint density at radius 1 is 1.35 bits per heavy atom. The van der Waals surface area contributed by atoms with Crippen LogP contribution in [0, 0.1) is 0 Å². The highest BCUT2D eigenvalue weighted by Gasteiger charge is 2.20. The van der Waals surface area contributed by atoms with Gasteiger partial charge in [-0.3, -0.25) is 4.99 Å². The maximum atomic E-state index is 12.1. The van der Waals surface area contributed by atoms with E-state index in [4.69, 9.17) is 4.74 Å². The highest BCUT2D eigenvalue weighted by atomic mass is 127. The standard InChI is InChI=1S/C17H31N5O2S.HI/c1-7-13-11-20-14(25-13)12-21-15(18-6)19-9-10-22(8-2)16(23)24-17(3,4)5;/h11H,7-10,12H2,1-6H3,(H2,18,19,21);1H. The van der Waals surface area contributed by atoms with E-state index in [2.05, 4.69) is 27.5 Å². The van der Waals surface area contributed by atoms with Gasteiger partial charge in [0.15, 0.2) is 5.96 Å². The van der Waals surface area contributed by atoms with Crippen molar-refractivity contribution in [1.82, 2.24) is 20.5 Å². The number of aryl methyl sites for hydroxylation is 1. The molecule has 0 unspecified atom stereocenters. The van der Waals surface area contributed by atoms with E-state index in [1.54, 1.807) is 23.3 Å². The van der Waals surface area contributed by atoms with Gasteiger partial charge < -0.3 is 20.3 Å². The lowest BCUT2D eigenvalue weighted by atomic mass is 10.2. The summed E-state index contributed by atoms with van der Waals surface area (Å²) < 4.78 is 5.40. The second-order valence-electron chi connectivity index (χ2n) is 6.49. The fourth-order valence-corrected chi connectivity index (χ4v) is 2.79. The Morgan fingerprint density at radius 2 is 2.04 bits per heavy atom. The molecule has 0 saturated heterocycles. The van der Waals surface area contributed by atoms with Crippen LogP contribution in [0.2, 0.25) is 0 Å². The molecule has 0 aliphatic rings. The molecule has 0 aliphatic carbocycles. The molecule has 0 aliphatic heterocycles. The number of aliphatic imine (C=N–C) groups is 1. The van der Waals surface area contributed by atoms with Crippen molar-refractivity contribution in [2.24, 2.45) is 4.99 Å². The van der Waals surface area contributed by atoms with Gasteiger partial charge in [-0.25, -0.2) is 9.78 Å². The number of likely N-dealkylation sites (N-methyl/N-ethyl adjacent to an activating group) is 1. The van der Waals surface area contributed by atoms with Crippen LogP contribution in [0.3, 0.4) is 0 Å². The maximum absolute atomic E-state index is 12.1. The van der Waals surface area contributed by atoms with E-state index in [0.717, 1.165) is 11.4 Å². The molecule has 9 heteroatoms. The van der Waals surface area contributed by atoms with Crippen LogP contribution in [0.4, 0.5) is 4.79 Å². The van der Waals surface area contributed by atoms with E-state index in [0.29, 0.717) is 32.1 Å². The molecule has 1 rings (SSSR count). The summed E-state index contributed by atoms with van der Waals surface area (Å²) in [5, 5.41) is 7.47. The number of halogens is 1. The second kappa shape index (κ2) is 12.3. The number of amides is 1. The summed E-state index contributed by atoms with van der Waals surface area (Å²) in [6, 6.07) is 0. The molecule has 0 aromatic carbocycles. The summed E-state index contributed by atoms with van der Waals surface area (Å²) in [6.07, 6.45) is 2.62. The van der Waals surface area contributed by atoms with Gasteiger partial charge in [0.1, 0.15) is 10.6 Å². The summed E-state index contributed by atoms with van der Waals surface area (Å²) in [5.41, 5.74) is -0.486. The van der Waals surface area contributed by atoms with Crippen molar-refractivity contribution >= 4 is 47.4 Å².